The Kier molecular flexibility index (Phi) is 2.99. The lowest BCUT2D eigenvalue weighted by atomic mass is 9.94. The lowest BCUT2D eigenvalue weighted by Crippen LogP contribution is -2.12. The number of hydrogen-bond acceptors (Lipinski definition) is 4. The molecule has 1 aromatic carbocycles. The maximum Gasteiger partial charge on any atom is 0.219 e. The Balaban J connectivity index is 1.95. The molecule has 0 radical (unpaired) electrons. The van der Waals surface area contributed by atoms with Crippen LogP contribution in [0.2, 0.25) is 0 Å². The highest BCUT2D eigenvalue weighted by molar-refractivity contribution is 5.49. The van der Waals surface area contributed by atoms with E-state index in [4.69, 9.17) is 15.2 Å². The van der Waals surface area contributed by atoms with Crippen LogP contribution in [0, 0.1) is 0 Å². The molecule has 1 aliphatic heterocycles. The van der Waals surface area contributed by atoms with Crippen LogP contribution in [0.3, 0.4) is 0 Å². The second-order valence-corrected chi connectivity index (χ2v) is 4.74. The van der Waals surface area contributed by atoms with Crippen LogP contribution in [0.4, 0.5) is 5.69 Å². The molecule has 1 atom stereocenters. The Morgan fingerprint density at radius 2 is 2.21 bits per heavy atom. The van der Waals surface area contributed by atoms with Crippen LogP contribution < -0.4 is 15.2 Å². The first-order valence-electron chi connectivity index (χ1n) is 6.39. The summed E-state index contributed by atoms with van der Waals surface area (Å²) in [7, 11) is 0. The molecular weight excluding hydrogens is 240 g/mol. The van der Waals surface area contributed by atoms with E-state index in [1.807, 2.05) is 18.2 Å². The Hall–Kier alpha value is -2.23. The normalized spacial score (nSPS) is 17.4. The van der Waals surface area contributed by atoms with E-state index in [2.05, 4.69) is 11.9 Å². The number of pyridine rings is 1. The highest BCUT2D eigenvalue weighted by atomic mass is 16.5. The fraction of sp³-hybridized carbons (Fsp3) is 0.267. The summed E-state index contributed by atoms with van der Waals surface area (Å²) in [5.74, 6) is 2.68. The van der Waals surface area contributed by atoms with Crippen LogP contribution in [-0.4, -0.2) is 11.6 Å². The predicted molar refractivity (Wildman–Crippen MR) is 73.7 cm³/mol. The number of ether oxygens (including phenoxy) is 2. The van der Waals surface area contributed by atoms with E-state index >= 15 is 0 Å². The quantitative estimate of drug-likeness (QED) is 0.895. The van der Waals surface area contributed by atoms with Gasteiger partial charge in [-0.1, -0.05) is 13.0 Å². The van der Waals surface area contributed by atoms with E-state index in [1.54, 1.807) is 18.3 Å². The van der Waals surface area contributed by atoms with E-state index in [-0.39, 0.29) is 0 Å². The van der Waals surface area contributed by atoms with E-state index in [0.717, 1.165) is 30.1 Å². The van der Waals surface area contributed by atoms with Crippen molar-refractivity contribution in [3.63, 3.8) is 0 Å². The molecule has 0 spiro atoms. The van der Waals surface area contributed by atoms with Gasteiger partial charge in [-0.05, 0) is 30.5 Å². The van der Waals surface area contributed by atoms with E-state index in [1.165, 1.54) is 0 Å². The summed E-state index contributed by atoms with van der Waals surface area (Å²) in [5.41, 5.74) is 7.36. The number of aromatic nitrogens is 1. The van der Waals surface area contributed by atoms with Crippen molar-refractivity contribution in [2.45, 2.75) is 19.3 Å². The van der Waals surface area contributed by atoms with E-state index in [9.17, 15) is 0 Å². The van der Waals surface area contributed by atoms with Crippen molar-refractivity contribution in [3.05, 3.63) is 42.1 Å². The molecule has 0 amide bonds. The predicted octanol–water partition coefficient (Wildman–Crippen LogP) is 3.34. The van der Waals surface area contributed by atoms with Crippen molar-refractivity contribution < 1.29 is 9.47 Å². The molecule has 98 valence electrons. The third-order valence-electron chi connectivity index (χ3n) is 3.30. The first kappa shape index (κ1) is 11.8. The smallest absolute Gasteiger partial charge is 0.219 e. The average Bonchev–Trinajstić information content (AvgIpc) is 2.42. The van der Waals surface area contributed by atoms with Gasteiger partial charge in [0.25, 0.3) is 0 Å². The summed E-state index contributed by atoms with van der Waals surface area (Å²) < 4.78 is 11.5. The highest BCUT2D eigenvalue weighted by Crippen LogP contribution is 2.41. The van der Waals surface area contributed by atoms with Gasteiger partial charge in [0.05, 0.1) is 18.5 Å². The Bertz CT molecular complexity index is 581. The molecule has 0 saturated carbocycles. The first-order valence-corrected chi connectivity index (χ1v) is 6.39. The van der Waals surface area contributed by atoms with Gasteiger partial charge in [0.1, 0.15) is 11.5 Å². The van der Waals surface area contributed by atoms with Gasteiger partial charge < -0.3 is 15.2 Å². The molecule has 4 nitrogen and oxygen atoms in total. The van der Waals surface area contributed by atoms with Crippen molar-refractivity contribution in [1.82, 2.24) is 4.98 Å². The highest BCUT2D eigenvalue weighted by Gasteiger charge is 2.22. The van der Waals surface area contributed by atoms with E-state index in [0.29, 0.717) is 17.5 Å². The van der Waals surface area contributed by atoms with Crippen LogP contribution in [0.25, 0.3) is 0 Å². The van der Waals surface area contributed by atoms with Crippen molar-refractivity contribution >= 4 is 5.69 Å². The van der Waals surface area contributed by atoms with Gasteiger partial charge in [0, 0.05) is 11.6 Å². The number of fused-ring (bicyclic) bond motifs is 1. The second-order valence-electron chi connectivity index (χ2n) is 4.74. The van der Waals surface area contributed by atoms with Crippen molar-refractivity contribution in [2.75, 3.05) is 12.3 Å². The maximum atomic E-state index is 5.86. The molecule has 0 fully saturated rings. The molecule has 0 bridgehead atoms. The molecule has 2 N–H and O–H groups in total. The van der Waals surface area contributed by atoms with Crippen LogP contribution in [0.15, 0.2) is 36.5 Å². The fourth-order valence-corrected chi connectivity index (χ4v) is 2.28. The van der Waals surface area contributed by atoms with Crippen molar-refractivity contribution in [2.24, 2.45) is 0 Å². The molecule has 2 aromatic rings. The first-order chi connectivity index (χ1) is 9.24. The molecule has 3 rings (SSSR count). The number of nitrogen functional groups attached to an aromatic ring is 1. The van der Waals surface area contributed by atoms with Gasteiger partial charge in [-0.15, -0.1) is 0 Å². The fourth-order valence-electron chi connectivity index (χ4n) is 2.28. The largest absolute Gasteiger partial charge is 0.493 e. The molecule has 4 heteroatoms. The molecule has 0 saturated heterocycles. The molecule has 0 aliphatic carbocycles. The van der Waals surface area contributed by atoms with Gasteiger partial charge in [-0.25, -0.2) is 4.98 Å². The van der Waals surface area contributed by atoms with Gasteiger partial charge in [0.15, 0.2) is 0 Å². The topological polar surface area (TPSA) is 57.4 Å². The van der Waals surface area contributed by atoms with Gasteiger partial charge >= 0.3 is 0 Å². The lowest BCUT2D eigenvalue weighted by molar-refractivity contribution is 0.267. The molecule has 1 unspecified atom stereocenters. The summed E-state index contributed by atoms with van der Waals surface area (Å²) in [5, 5.41) is 0. The number of benzene rings is 1. The van der Waals surface area contributed by atoms with Crippen LogP contribution >= 0.6 is 0 Å². The average molecular weight is 256 g/mol. The van der Waals surface area contributed by atoms with Crippen molar-refractivity contribution in [3.8, 4) is 17.4 Å². The molecule has 1 aliphatic rings. The summed E-state index contributed by atoms with van der Waals surface area (Å²) in [4.78, 5) is 4.16. The Morgan fingerprint density at radius 3 is 3.00 bits per heavy atom. The number of nitrogens with two attached hydrogens (primary N) is 1. The monoisotopic (exact) mass is 256 g/mol. The molecule has 1 aromatic heterocycles. The molecule has 19 heavy (non-hydrogen) atoms. The minimum absolute atomic E-state index is 0.425. The summed E-state index contributed by atoms with van der Waals surface area (Å²) in [6.45, 7) is 2.95. The number of rotatable bonds is 2. The Labute approximate surface area is 112 Å². The third kappa shape index (κ3) is 2.34. The van der Waals surface area contributed by atoms with Gasteiger partial charge in [-0.2, -0.15) is 0 Å². The standard InChI is InChI=1S/C15H16N2O2/c1-10-7-8-18-12-3-2-4-13(15(10)12)19-14-6-5-11(16)9-17-14/h2-6,9-10H,7-8,16H2,1H3. The lowest BCUT2D eigenvalue weighted by Gasteiger charge is -2.25. The third-order valence-corrected chi connectivity index (χ3v) is 3.30. The molecule has 2 heterocycles. The summed E-state index contributed by atoms with van der Waals surface area (Å²) in [6, 6.07) is 9.40. The number of nitrogens with zero attached hydrogens (tertiary/aromatic N) is 1. The zero-order valence-electron chi connectivity index (χ0n) is 10.8. The van der Waals surface area contributed by atoms with Crippen LogP contribution in [-0.2, 0) is 0 Å². The molecular formula is C15H16N2O2. The van der Waals surface area contributed by atoms with Crippen molar-refractivity contribution in [1.29, 1.82) is 0 Å². The minimum atomic E-state index is 0.425. The summed E-state index contributed by atoms with van der Waals surface area (Å²) in [6.07, 6.45) is 2.59. The van der Waals surface area contributed by atoms with Crippen LogP contribution in [0.1, 0.15) is 24.8 Å². The van der Waals surface area contributed by atoms with Gasteiger partial charge in [0.2, 0.25) is 5.88 Å². The Morgan fingerprint density at radius 1 is 1.32 bits per heavy atom. The van der Waals surface area contributed by atoms with E-state index < -0.39 is 0 Å². The SMILES string of the molecule is CC1CCOc2cccc(Oc3ccc(N)cn3)c21. The summed E-state index contributed by atoms with van der Waals surface area (Å²) >= 11 is 0. The van der Waals surface area contributed by atoms with Gasteiger partial charge in [-0.3, -0.25) is 0 Å². The number of hydrogen-bond donors (Lipinski definition) is 1. The number of anilines is 1. The zero-order valence-corrected chi connectivity index (χ0v) is 10.8. The van der Waals surface area contributed by atoms with Crippen LogP contribution in [0.5, 0.6) is 17.4 Å². The zero-order chi connectivity index (χ0) is 13.2. The second kappa shape index (κ2) is 4.80. The minimum Gasteiger partial charge on any atom is -0.493 e. The maximum absolute atomic E-state index is 5.86.